The van der Waals surface area contributed by atoms with Crippen LogP contribution in [-0.2, 0) is 0 Å². The van der Waals surface area contributed by atoms with Gasteiger partial charge < -0.3 is 0 Å². The molecule has 0 spiro atoms. The summed E-state index contributed by atoms with van der Waals surface area (Å²) in [6.45, 7) is 0.692. The van der Waals surface area contributed by atoms with Crippen LogP contribution in [0.1, 0.15) is 12.8 Å². The van der Waals surface area contributed by atoms with E-state index in [1.165, 1.54) is 11.8 Å². The first-order chi connectivity index (χ1) is 6.25. The fourth-order valence-corrected chi connectivity index (χ4v) is 2.07. The molecule has 0 aromatic rings. The second-order valence-electron chi connectivity index (χ2n) is 2.63. The van der Waals surface area contributed by atoms with Gasteiger partial charge in [-0.1, -0.05) is 5.92 Å². The molecule has 0 N–H and O–H groups in total. The summed E-state index contributed by atoms with van der Waals surface area (Å²) in [6, 6.07) is -0.782. The maximum Gasteiger partial charge on any atom is 0.270 e. The van der Waals surface area contributed by atoms with Crippen LogP contribution in [0.3, 0.4) is 0 Å². The van der Waals surface area contributed by atoms with Crippen molar-refractivity contribution in [3.63, 3.8) is 0 Å². The normalized spacial score (nSPS) is 18.5. The van der Waals surface area contributed by atoms with E-state index in [1.807, 2.05) is 0 Å². The third-order valence-corrected chi connectivity index (χ3v) is 2.86. The first-order valence-electron chi connectivity index (χ1n) is 4.00. The van der Waals surface area contributed by atoms with Crippen molar-refractivity contribution in [3.8, 4) is 12.3 Å². The SMILES string of the molecule is C#CCC(C1=NCCCS1)[N+](=O)[O-]. The Kier molecular flexibility index (Phi) is 3.77. The molecule has 0 aromatic heterocycles. The van der Waals surface area contributed by atoms with E-state index in [-0.39, 0.29) is 11.3 Å². The molecule has 1 aliphatic rings. The van der Waals surface area contributed by atoms with Gasteiger partial charge in [0.1, 0.15) is 5.04 Å². The molecule has 1 rings (SSSR count). The van der Waals surface area contributed by atoms with Crippen LogP contribution in [0.2, 0.25) is 0 Å². The summed E-state index contributed by atoms with van der Waals surface area (Å²) in [6.07, 6.45) is 6.19. The summed E-state index contributed by atoms with van der Waals surface area (Å²) in [5, 5.41) is 11.2. The van der Waals surface area contributed by atoms with Crippen molar-refractivity contribution in [1.29, 1.82) is 0 Å². The molecule has 70 valence electrons. The number of aliphatic imine (C=N–C) groups is 1. The first-order valence-corrected chi connectivity index (χ1v) is 4.98. The van der Waals surface area contributed by atoms with Crippen molar-refractivity contribution in [2.45, 2.75) is 18.9 Å². The minimum absolute atomic E-state index is 0.138. The topological polar surface area (TPSA) is 55.5 Å². The molecule has 0 radical (unpaired) electrons. The standard InChI is InChI=1S/C8H10N2O2S/c1-2-4-7(10(11)12)8-9-5-3-6-13-8/h1,7H,3-6H2. The van der Waals surface area contributed by atoms with Crippen LogP contribution < -0.4 is 0 Å². The maximum atomic E-state index is 10.6. The highest BCUT2D eigenvalue weighted by Crippen LogP contribution is 2.18. The fourth-order valence-electron chi connectivity index (χ4n) is 1.04. The Morgan fingerprint density at radius 1 is 1.85 bits per heavy atom. The van der Waals surface area contributed by atoms with Crippen molar-refractivity contribution < 1.29 is 4.92 Å². The fraction of sp³-hybridized carbons (Fsp3) is 0.625. The Bertz CT molecular complexity index is 270. The molecular formula is C8H10N2O2S. The average Bonchev–Trinajstić information content (AvgIpc) is 2.15. The van der Waals surface area contributed by atoms with Gasteiger partial charge in [0, 0.05) is 17.2 Å². The molecule has 0 saturated heterocycles. The zero-order valence-electron chi connectivity index (χ0n) is 7.10. The minimum Gasteiger partial charge on any atom is -0.276 e. The summed E-state index contributed by atoms with van der Waals surface area (Å²) >= 11 is 1.45. The molecule has 0 aromatic carbocycles. The Morgan fingerprint density at radius 3 is 3.08 bits per heavy atom. The van der Waals surface area contributed by atoms with Gasteiger partial charge in [-0.2, -0.15) is 0 Å². The van der Waals surface area contributed by atoms with Crippen molar-refractivity contribution in [3.05, 3.63) is 10.1 Å². The summed E-state index contributed by atoms with van der Waals surface area (Å²) in [5.74, 6) is 3.22. The van der Waals surface area contributed by atoms with E-state index >= 15 is 0 Å². The highest BCUT2D eigenvalue weighted by Gasteiger charge is 2.27. The van der Waals surface area contributed by atoms with Crippen LogP contribution in [0, 0.1) is 22.5 Å². The van der Waals surface area contributed by atoms with Crippen LogP contribution >= 0.6 is 11.8 Å². The predicted octanol–water partition coefficient (Wildman–Crippen LogP) is 1.19. The Balaban J connectivity index is 2.69. The lowest BCUT2D eigenvalue weighted by Gasteiger charge is -2.13. The number of nitro groups is 1. The third kappa shape index (κ3) is 2.74. The zero-order chi connectivity index (χ0) is 9.68. The van der Waals surface area contributed by atoms with Crippen LogP contribution in [0.5, 0.6) is 0 Å². The van der Waals surface area contributed by atoms with Crippen molar-refractivity contribution in [2.75, 3.05) is 12.3 Å². The predicted molar refractivity (Wildman–Crippen MR) is 53.6 cm³/mol. The van der Waals surface area contributed by atoms with Gasteiger partial charge in [0.05, 0.1) is 6.42 Å². The van der Waals surface area contributed by atoms with Gasteiger partial charge in [0.15, 0.2) is 0 Å². The molecule has 0 fully saturated rings. The van der Waals surface area contributed by atoms with E-state index in [4.69, 9.17) is 6.42 Å². The molecule has 0 saturated carbocycles. The van der Waals surface area contributed by atoms with Gasteiger partial charge in [0.25, 0.3) is 6.04 Å². The molecule has 4 nitrogen and oxygen atoms in total. The van der Waals surface area contributed by atoms with Crippen LogP contribution in [-0.4, -0.2) is 28.3 Å². The van der Waals surface area contributed by atoms with E-state index in [9.17, 15) is 10.1 Å². The van der Waals surface area contributed by atoms with Gasteiger partial charge >= 0.3 is 0 Å². The Labute approximate surface area is 81.0 Å². The van der Waals surface area contributed by atoms with Crippen molar-refractivity contribution in [2.24, 2.45) is 4.99 Å². The third-order valence-electron chi connectivity index (χ3n) is 1.67. The number of hydrogen-bond donors (Lipinski definition) is 0. The van der Waals surface area contributed by atoms with Gasteiger partial charge in [-0.25, -0.2) is 0 Å². The van der Waals surface area contributed by atoms with Gasteiger partial charge in [-0.15, -0.1) is 18.2 Å². The second kappa shape index (κ2) is 4.87. The van der Waals surface area contributed by atoms with Gasteiger partial charge in [0.2, 0.25) is 0 Å². The molecule has 5 heteroatoms. The molecule has 0 bridgehead atoms. The van der Waals surface area contributed by atoms with Crippen LogP contribution in [0.4, 0.5) is 0 Å². The lowest BCUT2D eigenvalue weighted by molar-refractivity contribution is -0.500. The monoisotopic (exact) mass is 198 g/mol. The molecule has 0 amide bonds. The van der Waals surface area contributed by atoms with E-state index in [0.29, 0.717) is 11.6 Å². The molecular weight excluding hydrogens is 188 g/mol. The highest BCUT2D eigenvalue weighted by molar-refractivity contribution is 8.14. The van der Waals surface area contributed by atoms with E-state index < -0.39 is 6.04 Å². The number of terminal acetylenes is 1. The molecule has 1 unspecified atom stereocenters. The number of hydrogen-bond acceptors (Lipinski definition) is 4. The summed E-state index contributed by atoms with van der Waals surface area (Å²) < 4.78 is 0. The van der Waals surface area contributed by atoms with Gasteiger partial charge in [-0.3, -0.25) is 15.1 Å². The van der Waals surface area contributed by atoms with E-state index in [2.05, 4.69) is 10.9 Å². The molecule has 0 aliphatic carbocycles. The van der Waals surface area contributed by atoms with E-state index in [0.717, 1.165) is 12.2 Å². The van der Waals surface area contributed by atoms with Crippen molar-refractivity contribution >= 4 is 16.8 Å². The molecule has 13 heavy (non-hydrogen) atoms. The number of nitrogens with zero attached hydrogens (tertiary/aromatic N) is 2. The van der Waals surface area contributed by atoms with E-state index in [1.54, 1.807) is 0 Å². The lowest BCUT2D eigenvalue weighted by atomic mass is 10.2. The van der Waals surface area contributed by atoms with Crippen molar-refractivity contribution in [1.82, 2.24) is 0 Å². The maximum absolute atomic E-state index is 10.6. The average molecular weight is 198 g/mol. The first kappa shape index (κ1) is 10.1. The number of rotatable bonds is 3. The summed E-state index contributed by atoms with van der Waals surface area (Å²) in [4.78, 5) is 14.4. The molecule has 1 atom stereocenters. The highest BCUT2D eigenvalue weighted by atomic mass is 32.2. The Hall–Kier alpha value is -1.02. The largest absolute Gasteiger partial charge is 0.276 e. The molecule has 1 aliphatic heterocycles. The Morgan fingerprint density at radius 2 is 2.62 bits per heavy atom. The zero-order valence-corrected chi connectivity index (χ0v) is 7.92. The summed E-state index contributed by atoms with van der Waals surface area (Å²) in [5.41, 5.74) is 0. The number of thioether (sulfide) groups is 1. The van der Waals surface area contributed by atoms with Crippen LogP contribution in [0.15, 0.2) is 4.99 Å². The van der Waals surface area contributed by atoms with Gasteiger partial charge in [-0.05, 0) is 6.42 Å². The smallest absolute Gasteiger partial charge is 0.270 e. The minimum atomic E-state index is -0.782. The second-order valence-corrected chi connectivity index (χ2v) is 3.75. The lowest BCUT2D eigenvalue weighted by Crippen LogP contribution is -2.29. The molecule has 1 heterocycles. The quantitative estimate of drug-likeness (QED) is 0.389. The van der Waals surface area contributed by atoms with Crippen LogP contribution in [0.25, 0.3) is 0 Å². The summed E-state index contributed by atoms with van der Waals surface area (Å²) in [7, 11) is 0.